The van der Waals surface area contributed by atoms with Crippen LogP contribution in [0.15, 0.2) is 24.0 Å². The molecule has 106 valence electrons. The minimum atomic E-state index is -0.259. The van der Waals surface area contributed by atoms with Crippen LogP contribution in [-0.4, -0.2) is 34.7 Å². The lowest BCUT2D eigenvalue weighted by atomic mass is 10.1. The van der Waals surface area contributed by atoms with Gasteiger partial charge in [-0.1, -0.05) is 12.1 Å². The number of likely N-dealkylation sites (N-methyl/N-ethyl adjacent to an activating group) is 1. The molecule has 0 bridgehead atoms. The second kappa shape index (κ2) is 6.02. The lowest BCUT2D eigenvalue weighted by Gasteiger charge is -2.07. The highest BCUT2D eigenvalue weighted by Crippen LogP contribution is 2.26. The second-order valence-electron chi connectivity index (χ2n) is 4.16. The molecule has 5 nitrogen and oxygen atoms in total. The first-order valence-corrected chi connectivity index (χ1v) is 6.54. The lowest BCUT2D eigenvalue weighted by molar-refractivity contribution is -0.122. The Morgan fingerprint density at radius 2 is 2.25 bits per heavy atom. The van der Waals surface area contributed by atoms with Gasteiger partial charge in [-0.05, 0) is 36.8 Å². The van der Waals surface area contributed by atoms with Crippen molar-refractivity contribution in [1.29, 1.82) is 0 Å². The molecule has 0 aliphatic carbocycles. The molecule has 1 aromatic carbocycles. The molecular formula is C14H15NO4S. The van der Waals surface area contributed by atoms with E-state index >= 15 is 0 Å². The number of amides is 1. The largest absolute Gasteiger partial charge is 0.496 e. The average molecular weight is 293 g/mol. The summed E-state index contributed by atoms with van der Waals surface area (Å²) in [5, 5.41) is 9.26. The van der Waals surface area contributed by atoms with Gasteiger partial charge in [-0.3, -0.25) is 9.69 Å². The topological polar surface area (TPSA) is 59.0 Å². The van der Waals surface area contributed by atoms with Crippen LogP contribution < -0.4 is 4.74 Å². The van der Waals surface area contributed by atoms with E-state index in [4.69, 9.17) is 26.8 Å². The molecule has 2 rings (SSSR count). The van der Waals surface area contributed by atoms with E-state index in [1.54, 1.807) is 24.3 Å². The van der Waals surface area contributed by atoms with Crippen molar-refractivity contribution >= 4 is 29.4 Å². The molecule has 1 heterocycles. The maximum absolute atomic E-state index is 12.0. The number of hydrogen-bond donors (Lipinski definition) is 1. The molecule has 1 aromatic rings. The lowest BCUT2D eigenvalue weighted by Crippen LogP contribution is -2.27. The Morgan fingerprint density at radius 1 is 1.50 bits per heavy atom. The summed E-state index contributed by atoms with van der Waals surface area (Å²) < 4.78 is 10.5. The molecular weight excluding hydrogens is 278 g/mol. The Kier molecular flexibility index (Phi) is 4.36. The number of thiocarbonyl (C=S) groups is 1. The minimum Gasteiger partial charge on any atom is -0.496 e. The van der Waals surface area contributed by atoms with Gasteiger partial charge < -0.3 is 14.6 Å². The summed E-state index contributed by atoms with van der Waals surface area (Å²) >= 11 is 4.99. The highest BCUT2D eigenvalue weighted by atomic mass is 32.1. The first kappa shape index (κ1) is 14.5. The Bertz CT molecular complexity index is 583. The number of hydrogen-bond acceptors (Lipinski definition) is 5. The van der Waals surface area contributed by atoms with Crippen molar-refractivity contribution in [2.75, 3.05) is 13.7 Å². The van der Waals surface area contributed by atoms with Gasteiger partial charge in [0.1, 0.15) is 5.75 Å². The van der Waals surface area contributed by atoms with Crippen molar-refractivity contribution in [3.05, 3.63) is 35.1 Å². The zero-order chi connectivity index (χ0) is 14.7. The van der Waals surface area contributed by atoms with Crippen LogP contribution in [0.25, 0.3) is 6.08 Å². The van der Waals surface area contributed by atoms with Crippen LogP contribution in [0.2, 0.25) is 0 Å². The van der Waals surface area contributed by atoms with Crippen LogP contribution in [0.4, 0.5) is 0 Å². The van der Waals surface area contributed by atoms with Crippen LogP contribution in [0.5, 0.6) is 5.75 Å². The standard InChI is InChI=1S/C14H15NO4S/c1-3-15-13(17)12(19-14(15)20)7-10-5-4-9(8-16)6-11(10)18-2/h4-7,16H,3,8H2,1-2H3/b12-7+. The molecule has 0 radical (unpaired) electrons. The molecule has 0 aromatic heterocycles. The van der Waals surface area contributed by atoms with Gasteiger partial charge in [0.15, 0.2) is 5.76 Å². The van der Waals surface area contributed by atoms with Crippen molar-refractivity contribution in [3.8, 4) is 5.75 Å². The second-order valence-corrected chi connectivity index (χ2v) is 4.51. The molecule has 1 fully saturated rings. The van der Waals surface area contributed by atoms with Gasteiger partial charge in [0.25, 0.3) is 11.1 Å². The fourth-order valence-electron chi connectivity index (χ4n) is 1.89. The first-order valence-electron chi connectivity index (χ1n) is 6.13. The summed E-state index contributed by atoms with van der Waals surface area (Å²) in [6, 6.07) is 5.22. The number of ether oxygens (including phenoxy) is 2. The number of carbonyl (C=O) groups is 1. The summed E-state index contributed by atoms with van der Waals surface area (Å²) in [7, 11) is 1.53. The van der Waals surface area contributed by atoms with E-state index in [0.29, 0.717) is 17.9 Å². The molecule has 1 N–H and O–H groups in total. The van der Waals surface area contributed by atoms with E-state index in [1.165, 1.54) is 12.0 Å². The molecule has 1 aliphatic rings. The average Bonchev–Trinajstić information content (AvgIpc) is 2.73. The van der Waals surface area contributed by atoms with E-state index in [0.717, 1.165) is 5.56 Å². The third kappa shape index (κ3) is 2.66. The third-order valence-electron chi connectivity index (χ3n) is 2.96. The summed E-state index contributed by atoms with van der Waals surface area (Å²) in [6.45, 7) is 2.22. The number of methoxy groups -OCH3 is 1. The Hall–Kier alpha value is -1.92. The van der Waals surface area contributed by atoms with Crippen LogP contribution in [-0.2, 0) is 16.1 Å². The number of benzene rings is 1. The molecule has 6 heteroatoms. The van der Waals surface area contributed by atoms with E-state index in [9.17, 15) is 4.79 Å². The molecule has 20 heavy (non-hydrogen) atoms. The molecule has 1 saturated heterocycles. The number of rotatable bonds is 4. The SMILES string of the molecule is CCN1C(=O)/C(=C\c2ccc(CO)cc2OC)OC1=S. The smallest absolute Gasteiger partial charge is 0.297 e. The Morgan fingerprint density at radius 3 is 2.80 bits per heavy atom. The van der Waals surface area contributed by atoms with E-state index in [1.807, 2.05) is 6.92 Å². The predicted molar refractivity (Wildman–Crippen MR) is 78.0 cm³/mol. The highest BCUT2D eigenvalue weighted by Gasteiger charge is 2.32. The Labute approximate surface area is 122 Å². The fraction of sp³-hybridized carbons (Fsp3) is 0.286. The van der Waals surface area contributed by atoms with Gasteiger partial charge in [0, 0.05) is 12.1 Å². The Balaban J connectivity index is 2.36. The third-order valence-corrected chi connectivity index (χ3v) is 3.26. The predicted octanol–water partition coefficient (Wildman–Crippen LogP) is 1.69. The van der Waals surface area contributed by atoms with Crippen LogP contribution in [0.3, 0.4) is 0 Å². The van der Waals surface area contributed by atoms with E-state index < -0.39 is 0 Å². The van der Waals surface area contributed by atoms with E-state index in [2.05, 4.69) is 0 Å². The first-order chi connectivity index (χ1) is 9.60. The highest BCUT2D eigenvalue weighted by molar-refractivity contribution is 7.80. The van der Waals surface area contributed by atoms with E-state index in [-0.39, 0.29) is 23.4 Å². The maximum atomic E-state index is 12.0. The number of aliphatic hydroxyl groups is 1. The van der Waals surface area contributed by atoms with Crippen molar-refractivity contribution < 1.29 is 19.4 Å². The van der Waals surface area contributed by atoms with Gasteiger partial charge in [-0.2, -0.15) is 0 Å². The molecule has 0 saturated carbocycles. The zero-order valence-electron chi connectivity index (χ0n) is 11.3. The quantitative estimate of drug-likeness (QED) is 0.676. The van der Waals surface area contributed by atoms with Crippen LogP contribution in [0.1, 0.15) is 18.1 Å². The molecule has 1 amide bonds. The molecule has 1 aliphatic heterocycles. The number of aliphatic hydroxyl groups excluding tert-OH is 1. The van der Waals surface area contributed by atoms with Crippen molar-refractivity contribution in [2.45, 2.75) is 13.5 Å². The van der Waals surface area contributed by atoms with Crippen LogP contribution in [0, 0.1) is 0 Å². The van der Waals surface area contributed by atoms with Gasteiger partial charge in [0.05, 0.1) is 13.7 Å². The van der Waals surface area contributed by atoms with Crippen molar-refractivity contribution in [3.63, 3.8) is 0 Å². The van der Waals surface area contributed by atoms with Crippen molar-refractivity contribution in [2.24, 2.45) is 0 Å². The normalized spacial score (nSPS) is 16.8. The zero-order valence-corrected chi connectivity index (χ0v) is 12.1. The van der Waals surface area contributed by atoms with Crippen LogP contribution >= 0.6 is 12.2 Å². The van der Waals surface area contributed by atoms with Gasteiger partial charge in [0.2, 0.25) is 0 Å². The number of carbonyl (C=O) groups excluding carboxylic acids is 1. The van der Waals surface area contributed by atoms with Gasteiger partial charge in [-0.25, -0.2) is 0 Å². The summed E-state index contributed by atoms with van der Waals surface area (Å²) in [5.41, 5.74) is 1.42. The maximum Gasteiger partial charge on any atom is 0.297 e. The van der Waals surface area contributed by atoms with Gasteiger partial charge >= 0.3 is 0 Å². The minimum absolute atomic E-state index is 0.0731. The summed E-state index contributed by atoms with van der Waals surface area (Å²) in [4.78, 5) is 13.4. The summed E-state index contributed by atoms with van der Waals surface area (Å²) in [6.07, 6.45) is 1.59. The van der Waals surface area contributed by atoms with Crippen molar-refractivity contribution in [1.82, 2.24) is 4.90 Å². The number of nitrogens with zero attached hydrogens (tertiary/aromatic N) is 1. The van der Waals surface area contributed by atoms with Gasteiger partial charge in [-0.15, -0.1) is 0 Å². The monoisotopic (exact) mass is 293 g/mol. The molecule has 0 atom stereocenters. The fourth-order valence-corrected chi connectivity index (χ4v) is 2.19. The summed E-state index contributed by atoms with van der Waals surface area (Å²) in [5.74, 6) is 0.471. The molecule has 0 spiro atoms. The molecule has 0 unspecified atom stereocenters.